The van der Waals surface area contributed by atoms with Crippen molar-refractivity contribution in [2.75, 3.05) is 26.1 Å². The van der Waals surface area contributed by atoms with Gasteiger partial charge in [-0.1, -0.05) is 11.8 Å². The molecule has 2 aromatic rings. The third-order valence-electron chi connectivity index (χ3n) is 4.97. The van der Waals surface area contributed by atoms with E-state index >= 15 is 0 Å². The molecule has 0 aromatic carbocycles. The van der Waals surface area contributed by atoms with E-state index in [4.69, 9.17) is 8.92 Å². The highest BCUT2D eigenvalue weighted by Crippen LogP contribution is 2.30. The molecule has 0 unspecified atom stereocenters. The molecule has 1 fully saturated rings. The lowest BCUT2D eigenvalue weighted by molar-refractivity contribution is 0.0248. The van der Waals surface area contributed by atoms with Crippen molar-refractivity contribution in [1.29, 1.82) is 0 Å². The van der Waals surface area contributed by atoms with Gasteiger partial charge in [-0.15, -0.1) is 0 Å². The van der Waals surface area contributed by atoms with Gasteiger partial charge in [-0.05, 0) is 6.07 Å². The van der Waals surface area contributed by atoms with Gasteiger partial charge in [0, 0.05) is 44.7 Å². The van der Waals surface area contributed by atoms with E-state index in [0.29, 0.717) is 18.7 Å². The maximum Gasteiger partial charge on any atom is 0.335 e. The first kappa shape index (κ1) is 24.7. The lowest BCUT2D eigenvalue weighted by Crippen LogP contribution is -2.35. The standard InChI is InChI=1S/C20H24FN5O6S/c1-22-33(29,30)32-16-9-15(17(21)19(16)28)25-20-14(10-23-12-24-20)18(27)13-5-7-26(11-13)6-3-4-8-31-2/h5,7,10-12,15-17,19,22,28H,6,8-9H2,1-2H3,(H,23,24,25)/t15-,16-,17-,19-/m1/s1. The number of aliphatic hydroxyl groups is 1. The van der Waals surface area contributed by atoms with Crippen molar-refractivity contribution < 1.29 is 31.6 Å². The number of ketones is 1. The monoisotopic (exact) mass is 481 g/mol. The van der Waals surface area contributed by atoms with Crippen LogP contribution in [0.4, 0.5) is 10.2 Å². The van der Waals surface area contributed by atoms with Gasteiger partial charge in [-0.25, -0.2) is 14.4 Å². The van der Waals surface area contributed by atoms with Crippen LogP contribution in [0.25, 0.3) is 0 Å². The van der Waals surface area contributed by atoms with Gasteiger partial charge in [0.1, 0.15) is 37.1 Å². The van der Waals surface area contributed by atoms with Gasteiger partial charge in [0.2, 0.25) is 0 Å². The first-order chi connectivity index (χ1) is 15.8. The number of ether oxygens (including phenoxy) is 1. The Labute approximate surface area is 190 Å². The Kier molecular flexibility index (Phi) is 8.11. The minimum Gasteiger partial charge on any atom is -0.387 e. The van der Waals surface area contributed by atoms with E-state index in [1.165, 1.54) is 12.5 Å². The molecular weight excluding hydrogens is 457 g/mol. The summed E-state index contributed by atoms with van der Waals surface area (Å²) in [5.74, 6) is 5.37. The average Bonchev–Trinajstić information content (AvgIpc) is 3.37. The zero-order valence-corrected chi connectivity index (χ0v) is 18.8. The van der Waals surface area contributed by atoms with Crippen LogP contribution in [0.5, 0.6) is 0 Å². The predicted octanol–water partition coefficient (Wildman–Crippen LogP) is -0.108. The molecule has 13 heteroatoms. The van der Waals surface area contributed by atoms with Crippen molar-refractivity contribution in [3.05, 3.63) is 42.1 Å². The van der Waals surface area contributed by atoms with Crippen LogP contribution < -0.4 is 10.0 Å². The number of carbonyl (C=O) groups excluding carboxylic acids is 1. The van der Waals surface area contributed by atoms with Crippen molar-refractivity contribution in [3.8, 4) is 11.8 Å². The topological polar surface area (TPSA) is 145 Å². The molecule has 0 bridgehead atoms. The van der Waals surface area contributed by atoms with Crippen molar-refractivity contribution in [3.63, 3.8) is 0 Å². The van der Waals surface area contributed by atoms with Crippen molar-refractivity contribution >= 4 is 21.9 Å². The Morgan fingerprint density at radius 3 is 2.94 bits per heavy atom. The molecule has 1 saturated carbocycles. The minimum atomic E-state index is -4.12. The number of nitrogens with one attached hydrogen (secondary N) is 2. The van der Waals surface area contributed by atoms with E-state index < -0.39 is 40.5 Å². The van der Waals surface area contributed by atoms with Crippen molar-refractivity contribution in [2.24, 2.45) is 0 Å². The molecule has 3 N–H and O–H groups in total. The van der Waals surface area contributed by atoms with Gasteiger partial charge in [0.25, 0.3) is 0 Å². The van der Waals surface area contributed by atoms with Gasteiger partial charge in [-0.3, -0.25) is 8.98 Å². The molecule has 3 rings (SSSR count). The molecule has 0 spiro atoms. The van der Waals surface area contributed by atoms with E-state index in [1.807, 2.05) is 4.72 Å². The fourth-order valence-electron chi connectivity index (χ4n) is 3.29. The molecule has 33 heavy (non-hydrogen) atoms. The van der Waals surface area contributed by atoms with Crippen LogP contribution >= 0.6 is 0 Å². The Morgan fingerprint density at radius 2 is 2.21 bits per heavy atom. The van der Waals surface area contributed by atoms with Crippen LogP contribution in [0.3, 0.4) is 0 Å². The van der Waals surface area contributed by atoms with Crippen molar-refractivity contribution in [2.45, 2.75) is 37.4 Å². The van der Waals surface area contributed by atoms with Crippen LogP contribution in [0.15, 0.2) is 31.0 Å². The largest absolute Gasteiger partial charge is 0.387 e. The summed E-state index contributed by atoms with van der Waals surface area (Å²) in [6, 6.07) is 0.570. The zero-order valence-electron chi connectivity index (χ0n) is 17.9. The second-order valence-electron chi connectivity index (χ2n) is 7.19. The number of methoxy groups -OCH3 is 1. The summed E-state index contributed by atoms with van der Waals surface area (Å²) in [7, 11) is -1.44. The first-order valence-corrected chi connectivity index (χ1v) is 11.3. The van der Waals surface area contributed by atoms with Crippen LogP contribution in [0.2, 0.25) is 0 Å². The van der Waals surface area contributed by atoms with Crippen molar-refractivity contribution in [1.82, 2.24) is 19.3 Å². The number of nitrogens with zero attached hydrogens (tertiary/aromatic N) is 3. The number of rotatable bonds is 9. The maximum atomic E-state index is 14.7. The summed E-state index contributed by atoms with van der Waals surface area (Å²) in [5, 5.41) is 12.9. The Bertz CT molecular complexity index is 1150. The fraction of sp³-hybridized carbons (Fsp3) is 0.450. The third kappa shape index (κ3) is 6.12. The molecule has 2 heterocycles. The summed E-state index contributed by atoms with van der Waals surface area (Å²) >= 11 is 0. The number of carbonyl (C=O) groups is 1. The summed E-state index contributed by atoms with van der Waals surface area (Å²) < 4.78 is 51.2. The third-order valence-corrected chi connectivity index (χ3v) is 5.97. The lowest BCUT2D eigenvalue weighted by atomic mass is 10.1. The predicted molar refractivity (Wildman–Crippen MR) is 115 cm³/mol. The second kappa shape index (κ2) is 10.8. The Hall–Kier alpha value is -2.89. The van der Waals surface area contributed by atoms with Gasteiger partial charge >= 0.3 is 10.3 Å². The highest BCUT2D eigenvalue weighted by Gasteiger charge is 2.46. The molecular formula is C20H24FN5O6S. The molecule has 1 aliphatic rings. The zero-order chi connectivity index (χ0) is 24.0. The van der Waals surface area contributed by atoms with E-state index in [2.05, 4.69) is 27.1 Å². The molecule has 0 saturated heterocycles. The molecule has 178 valence electrons. The molecule has 0 radical (unpaired) electrons. The average molecular weight is 482 g/mol. The molecule has 4 atom stereocenters. The second-order valence-corrected chi connectivity index (χ2v) is 8.70. The molecule has 2 aromatic heterocycles. The molecule has 0 amide bonds. The van der Waals surface area contributed by atoms with Gasteiger partial charge in [0.05, 0.1) is 18.2 Å². The number of aromatic nitrogens is 3. The van der Waals surface area contributed by atoms with E-state index in [9.17, 15) is 22.7 Å². The number of aliphatic hydroxyl groups excluding tert-OH is 1. The van der Waals surface area contributed by atoms with Gasteiger partial charge in [-0.2, -0.15) is 13.1 Å². The highest BCUT2D eigenvalue weighted by molar-refractivity contribution is 7.84. The van der Waals surface area contributed by atoms with Crippen LogP contribution in [0, 0.1) is 11.8 Å². The van der Waals surface area contributed by atoms with Crippen LogP contribution in [-0.2, 0) is 25.8 Å². The van der Waals surface area contributed by atoms with Crippen LogP contribution in [0.1, 0.15) is 22.3 Å². The Morgan fingerprint density at radius 1 is 1.42 bits per heavy atom. The highest BCUT2D eigenvalue weighted by atomic mass is 32.2. The quantitative estimate of drug-likeness (QED) is 0.330. The van der Waals surface area contributed by atoms with Crippen LogP contribution in [-0.4, -0.2) is 79.0 Å². The van der Waals surface area contributed by atoms with E-state index in [-0.39, 0.29) is 17.8 Å². The summed E-state index contributed by atoms with van der Waals surface area (Å²) in [6.45, 7) is 0.676. The number of hydrogen-bond acceptors (Lipinski definition) is 9. The SMILES string of the molecule is CNS(=O)(=O)O[C@@H]1C[C@@H](Nc2ncncc2C(=O)c2ccn(CC#CCOC)c2)[C@@H](F)[C@@H]1O. The minimum absolute atomic E-state index is 0.0552. The fourth-order valence-corrected chi connectivity index (χ4v) is 3.91. The van der Waals surface area contributed by atoms with E-state index in [1.54, 1.807) is 30.1 Å². The number of anilines is 1. The molecule has 1 aliphatic carbocycles. The normalized spacial score (nSPS) is 22.5. The summed E-state index contributed by atoms with van der Waals surface area (Å²) in [4.78, 5) is 20.9. The lowest BCUT2D eigenvalue weighted by Gasteiger charge is -2.17. The van der Waals surface area contributed by atoms with Gasteiger partial charge in [0.15, 0.2) is 5.78 Å². The van der Waals surface area contributed by atoms with Gasteiger partial charge < -0.3 is 19.7 Å². The summed E-state index contributed by atoms with van der Waals surface area (Å²) in [5.41, 5.74) is 0.445. The maximum absolute atomic E-state index is 14.7. The molecule has 0 aliphatic heterocycles. The van der Waals surface area contributed by atoms with E-state index in [0.717, 1.165) is 7.05 Å². The number of hydrogen-bond donors (Lipinski definition) is 3. The smallest absolute Gasteiger partial charge is 0.335 e. The molecule has 11 nitrogen and oxygen atoms in total. The number of halogens is 1. The summed E-state index contributed by atoms with van der Waals surface area (Å²) in [6.07, 6.45) is 0.789. The Balaban J connectivity index is 1.74. The number of alkyl halides is 1. The first-order valence-electron chi connectivity index (χ1n) is 9.91.